The third-order valence-corrected chi connectivity index (χ3v) is 13.9. The van der Waals surface area contributed by atoms with Gasteiger partial charge in [-0.3, -0.25) is 0 Å². The molecular weight excluding hydrogens is 900 g/mol. The summed E-state index contributed by atoms with van der Waals surface area (Å²) in [7, 11) is 4.46. The number of methoxy groups -OCH3 is 4. The molecule has 5 aromatic carbocycles. The Hall–Kier alpha value is -5.60. The summed E-state index contributed by atoms with van der Waals surface area (Å²) < 4.78 is 66.5. The van der Waals surface area contributed by atoms with Crippen LogP contribution in [-0.2, 0) is 32.5 Å². The molecule has 11 heteroatoms. The van der Waals surface area contributed by atoms with Gasteiger partial charge in [0, 0.05) is 49.7 Å². The summed E-state index contributed by atoms with van der Waals surface area (Å²) in [6.45, 7) is 37.9. The van der Waals surface area contributed by atoms with Gasteiger partial charge >= 0.3 is 14.7 Å². The molecule has 1 aliphatic rings. The van der Waals surface area contributed by atoms with Gasteiger partial charge in [0.2, 0.25) is 0 Å². The van der Waals surface area contributed by atoms with E-state index in [1.807, 2.05) is 48.5 Å². The zero-order valence-electron chi connectivity index (χ0n) is 45.9. The van der Waals surface area contributed by atoms with E-state index in [1.165, 1.54) is 0 Å². The molecular formula is C59H77O10P. The first-order chi connectivity index (χ1) is 32.3. The molecule has 0 bridgehead atoms. The van der Waals surface area contributed by atoms with Gasteiger partial charge in [-0.1, -0.05) is 131 Å². The van der Waals surface area contributed by atoms with Crippen molar-refractivity contribution in [3.8, 4) is 57.1 Å². The molecule has 0 aliphatic carbocycles. The Morgan fingerprint density at radius 3 is 1.19 bits per heavy atom. The van der Waals surface area contributed by atoms with Crippen LogP contribution >= 0.6 is 8.24 Å². The van der Waals surface area contributed by atoms with Crippen LogP contribution in [0.2, 0.25) is 0 Å². The molecule has 0 fully saturated rings. The minimum absolute atomic E-state index is 0.133. The molecule has 10 nitrogen and oxygen atoms in total. The lowest BCUT2D eigenvalue weighted by atomic mass is 9.80. The van der Waals surface area contributed by atoms with Crippen molar-refractivity contribution in [3.63, 3.8) is 0 Å². The predicted molar refractivity (Wildman–Crippen MR) is 285 cm³/mol. The smallest absolute Gasteiger partial charge is 0.453 e. The normalized spacial score (nSPS) is 14.5. The highest BCUT2D eigenvalue weighted by Gasteiger charge is 2.38. The molecule has 2 heterocycles. The standard InChI is InChI=1S/C59H77O10P/c1-54(2,3)33-23-42(55(4,5)6)52-47(24-33)64-53(66-52)65-48-38(25-34(60-19)29-43(48)56(7,8)9)39-26-35(61-20)30-44(57(10,11)12)49(39)67-70-68-50-40(27-36(62-21)31-45(50)58(13,14)15)41-28-37(63-22)32-46(51(41)69-70)59(16,17)18/h23-32,53H,1-22H3. The molecule has 0 saturated heterocycles. The van der Waals surface area contributed by atoms with E-state index in [4.69, 9.17) is 46.1 Å². The maximum atomic E-state index is 7.46. The predicted octanol–water partition coefficient (Wildman–Crippen LogP) is 16.8. The van der Waals surface area contributed by atoms with E-state index in [2.05, 4.69) is 137 Å². The van der Waals surface area contributed by atoms with Gasteiger partial charge in [-0.25, -0.2) is 0 Å². The Morgan fingerprint density at radius 2 is 0.786 bits per heavy atom. The Kier molecular flexibility index (Phi) is 13.6. The number of rotatable bonds is 9. The average Bonchev–Trinajstić information content (AvgIpc) is 3.59. The van der Waals surface area contributed by atoms with Crippen molar-refractivity contribution in [1.82, 2.24) is 0 Å². The number of fused-ring (bicyclic) bond motifs is 4. The fraction of sp³-hybridized carbons (Fsp3) is 0.492. The number of hydrogen-bond acceptors (Lipinski definition) is 10. The second-order valence-electron chi connectivity index (χ2n) is 24.7. The van der Waals surface area contributed by atoms with Gasteiger partial charge in [-0.15, -0.1) is 0 Å². The van der Waals surface area contributed by atoms with Gasteiger partial charge in [-0.2, -0.15) is 0 Å². The summed E-state index contributed by atoms with van der Waals surface area (Å²) in [5.74, 6) is 5.01. The molecule has 0 saturated carbocycles. The highest BCUT2D eigenvalue weighted by atomic mass is 31.1. The molecule has 70 heavy (non-hydrogen) atoms. The highest BCUT2D eigenvalue weighted by Crippen LogP contribution is 2.54. The molecule has 0 N–H and O–H groups in total. The second-order valence-corrected chi connectivity index (χ2v) is 25.7. The molecule has 7 rings (SSSR count). The maximum absolute atomic E-state index is 7.46. The Balaban J connectivity index is 1.57. The van der Waals surface area contributed by atoms with Crippen LogP contribution in [0, 0.1) is 0 Å². The van der Waals surface area contributed by atoms with E-state index < -0.39 is 25.5 Å². The van der Waals surface area contributed by atoms with Crippen LogP contribution in [0.3, 0.4) is 0 Å². The van der Waals surface area contributed by atoms with Crippen molar-refractivity contribution in [2.75, 3.05) is 28.4 Å². The van der Waals surface area contributed by atoms with E-state index in [9.17, 15) is 0 Å². The Morgan fingerprint density at radius 1 is 0.400 bits per heavy atom. The van der Waals surface area contributed by atoms with Crippen LogP contribution in [0.4, 0.5) is 0 Å². The van der Waals surface area contributed by atoms with Crippen molar-refractivity contribution < 1.29 is 46.1 Å². The molecule has 0 spiro atoms. The van der Waals surface area contributed by atoms with Crippen molar-refractivity contribution in [3.05, 3.63) is 94.0 Å². The van der Waals surface area contributed by atoms with E-state index in [0.29, 0.717) is 68.3 Å². The lowest BCUT2D eigenvalue weighted by Gasteiger charge is -2.29. The van der Waals surface area contributed by atoms with E-state index in [-0.39, 0.29) is 21.7 Å². The van der Waals surface area contributed by atoms with Gasteiger partial charge in [0.05, 0.1) is 28.4 Å². The quantitative estimate of drug-likeness (QED) is 0.139. The molecule has 1 atom stereocenters. The number of hydrogen-bond donors (Lipinski definition) is 0. The van der Waals surface area contributed by atoms with Gasteiger partial charge in [0.15, 0.2) is 11.5 Å². The third-order valence-electron chi connectivity index (χ3n) is 12.9. The van der Waals surface area contributed by atoms with E-state index in [0.717, 1.165) is 44.2 Å². The second kappa shape index (κ2) is 18.2. The summed E-state index contributed by atoms with van der Waals surface area (Å²) in [4.78, 5) is 0. The molecule has 1 aromatic heterocycles. The zero-order valence-corrected chi connectivity index (χ0v) is 46.8. The monoisotopic (exact) mass is 977 g/mol. The van der Waals surface area contributed by atoms with Crippen LogP contribution in [0.15, 0.2) is 69.1 Å². The minimum Gasteiger partial charge on any atom is -0.497 e. The van der Waals surface area contributed by atoms with Crippen molar-refractivity contribution in [1.29, 1.82) is 0 Å². The topological polar surface area (TPSA) is 100 Å². The van der Waals surface area contributed by atoms with Crippen LogP contribution in [0.25, 0.3) is 33.1 Å². The van der Waals surface area contributed by atoms with Crippen LogP contribution in [0.5, 0.6) is 46.0 Å². The van der Waals surface area contributed by atoms with Gasteiger partial charge in [0.1, 0.15) is 45.7 Å². The summed E-state index contributed by atoms with van der Waals surface area (Å²) in [6, 6.07) is 20.4. The fourth-order valence-electron chi connectivity index (χ4n) is 8.78. The maximum Gasteiger partial charge on any atom is 0.453 e. The largest absolute Gasteiger partial charge is 0.497 e. The summed E-state index contributed by atoms with van der Waals surface area (Å²) >= 11 is 0. The molecule has 1 unspecified atom stereocenters. The first-order valence-electron chi connectivity index (χ1n) is 24.2. The molecule has 378 valence electrons. The average molecular weight is 977 g/mol. The Bertz CT molecular complexity index is 2910. The SMILES string of the molecule is COc1cc(-c2cc(OC)cc(C(C)(C)C)c2Op2oc3c(C(C)(C)C)cc(OC)cc3c3cc(OC)cc(C(C)(C)C)c3o2)c(OC2Oc3cc(C(C)(C)C)cc(C(C)(C)C)c3O2)c(C(C)(C)C)c1. The van der Waals surface area contributed by atoms with Gasteiger partial charge in [0.25, 0.3) is 0 Å². The van der Waals surface area contributed by atoms with Crippen LogP contribution in [-0.4, -0.2) is 34.9 Å². The highest BCUT2D eigenvalue weighted by molar-refractivity contribution is 7.32. The van der Waals surface area contributed by atoms with Crippen LogP contribution in [0.1, 0.15) is 158 Å². The van der Waals surface area contributed by atoms with E-state index >= 15 is 0 Å². The molecule has 0 amide bonds. The lowest BCUT2D eigenvalue weighted by molar-refractivity contribution is -0.113. The van der Waals surface area contributed by atoms with Gasteiger partial charge < -0.3 is 46.1 Å². The number of ether oxygens (including phenoxy) is 7. The zero-order chi connectivity index (χ0) is 51.8. The number of benzene rings is 5. The summed E-state index contributed by atoms with van der Waals surface area (Å²) in [5, 5.41) is 1.62. The first kappa shape index (κ1) is 52.2. The Labute approximate surface area is 417 Å². The summed E-state index contributed by atoms with van der Waals surface area (Å²) in [5.41, 5.74) is 6.32. The van der Waals surface area contributed by atoms with Crippen molar-refractivity contribution in [2.45, 2.75) is 164 Å². The van der Waals surface area contributed by atoms with Crippen molar-refractivity contribution >= 4 is 30.2 Å². The minimum atomic E-state index is -2.25. The lowest BCUT2D eigenvalue weighted by Crippen LogP contribution is -2.28. The molecule has 1 aliphatic heterocycles. The van der Waals surface area contributed by atoms with Crippen LogP contribution < -0.4 is 37.7 Å². The molecule has 6 aromatic rings. The third kappa shape index (κ3) is 10.4. The fourth-order valence-corrected chi connectivity index (χ4v) is 9.93. The van der Waals surface area contributed by atoms with E-state index in [1.54, 1.807) is 28.4 Å². The first-order valence-corrected chi connectivity index (χ1v) is 25.3. The van der Waals surface area contributed by atoms with Gasteiger partial charge in [-0.05, 0) is 92.7 Å². The summed E-state index contributed by atoms with van der Waals surface area (Å²) in [6.07, 6.45) is 0. The van der Waals surface area contributed by atoms with Crippen molar-refractivity contribution in [2.24, 2.45) is 0 Å². The molecule has 0 radical (unpaired) electrons.